The first kappa shape index (κ1) is 17.9. The number of rotatable bonds is 4. The summed E-state index contributed by atoms with van der Waals surface area (Å²) in [4.78, 5) is 29.2. The summed E-state index contributed by atoms with van der Waals surface area (Å²) in [5.74, 6) is -0.163. The summed E-state index contributed by atoms with van der Waals surface area (Å²) in [6, 6.07) is 5.29. The number of halogens is 1. The molecule has 2 bridgehead atoms. The van der Waals surface area contributed by atoms with Crippen molar-refractivity contribution in [1.29, 1.82) is 0 Å². The van der Waals surface area contributed by atoms with Crippen LogP contribution in [-0.2, 0) is 13.6 Å². The Labute approximate surface area is 156 Å². The summed E-state index contributed by atoms with van der Waals surface area (Å²) in [6.07, 6.45) is 3.78. The van der Waals surface area contributed by atoms with Crippen molar-refractivity contribution in [3.8, 4) is 0 Å². The number of hydrogen-bond donors (Lipinski definition) is 2. The maximum atomic E-state index is 14.0. The molecule has 2 aromatic rings. The number of aromatic amines is 1. The fraction of sp³-hybridized carbons (Fsp3) is 0.526. The summed E-state index contributed by atoms with van der Waals surface area (Å²) >= 11 is 0. The van der Waals surface area contributed by atoms with Crippen LogP contribution in [0.1, 0.15) is 47.4 Å². The lowest BCUT2D eigenvalue weighted by molar-refractivity contribution is 0.0817. The Kier molecular flexibility index (Phi) is 4.59. The van der Waals surface area contributed by atoms with Gasteiger partial charge in [0.15, 0.2) is 0 Å². The second kappa shape index (κ2) is 6.92. The van der Waals surface area contributed by atoms with Crippen LogP contribution in [0.2, 0.25) is 0 Å². The number of fused-ring (bicyclic) bond motifs is 2. The lowest BCUT2D eigenvalue weighted by atomic mass is 9.96. The molecule has 7 nitrogen and oxygen atoms in total. The van der Waals surface area contributed by atoms with E-state index in [9.17, 15) is 14.0 Å². The molecule has 2 saturated heterocycles. The van der Waals surface area contributed by atoms with Gasteiger partial charge in [-0.1, -0.05) is 11.6 Å². The molecule has 8 heteroatoms. The highest BCUT2D eigenvalue weighted by atomic mass is 19.1. The zero-order chi connectivity index (χ0) is 19.1. The first-order chi connectivity index (χ1) is 12.9. The zero-order valence-electron chi connectivity index (χ0n) is 15.5. The second-order valence-corrected chi connectivity index (χ2v) is 7.68. The molecule has 1 amide bonds. The molecule has 2 N–H and O–H groups in total. The van der Waals surface area contributed by atoms with E-state index in [1.807, 2.05) is 6.92 Å². The number of aryl methyl sites for hydroxylation is 2. The Hall–Kier alpha value is -2.48. The van der Waals surface area contributed by atoms with E-state index in [0.717, 1.165) is 31.2 Å². The van der Waals surface area contributed by atoms with Crippen molar-refractivity contribution in [2.45, 2.75) is 57.3 Å². The molecule has 0 spiro atoms. The Balaban J connectivity index is 1.42. The van der Waals surface area contributed by atoms with E-state index in [-0.39, 0.29) is 23.2 Å². The molecule has 144 valence electrons. The van der Waals surface area contributed by atoms with Crippen LogP contribution in [0.4, 0.5) is 4.39 Å². The van der Waals surface area contributed by atoms with Crippen molar-refractivity contribution >= 4 is 5.91 Å². The Morgan fingerprint density at radius 1 is 1.33 bits per heavy atom. The van der Waals surface area contributed by atoms with Crippen LogP contribution in [-0.4, -0.2) is 43.7 Å². The maximum absolute atomic E-state index is 14.0. The van der Waals surface area contributed by atoms with Crippen LogP contribution in [0.25, 0.3) is 0 Å². The van der Waals surface area contributed by atoms with Gasteiger partial charge < -0.3 is 5.32 Å². The number of hydrogen-bond acceptors (Lipinski definition) is 4. The first-order valence-corrected chi connectivity index (χ1v) is 9.35. The van der Waals surface area contributed by atoms with E-state index in [2.05, 4.69) is 20.3 Å². The average Bonchev–Trinajstić information content (AvgIpc) is 3.05. The summed E-state index contributed by atoms with van der Waals surface area (Å²) in [7, 11) is 1.63. The number of H-pyrrole nitrogens is 1. The van der Waals surface area contributed by atoms with Crippen molar-refractivity contribution in [1.82, 2.24) is 25.0 Å². The van der Waals surface area contributed by atoms with Crippen LogP contribution in [0.3, 0.4) is 0 Å². The molecular formula is C19H24FN5O2. The van der Waals surface area contributed by atoms with Crippen LogP contribution in [0.5, 0.6) is 0 Å². The summed E-state index contributed by atoms with van der Waals surface area (Å²) < 4.78 is 15.3. The predicted molar refractivity (Wildman–Crippen MR) is 97.8 cm³/mol. The molecule has 1 aromatic heterocycles. The molecule has 0 saturated carbocycles. The van der Waals surface area contributed by atoms with Crippen molar-refractivity contribution < 1.29 is 9.18 Å². The molecule has 2 aliphatic heterocycles. The second-order valence-electron chi connectivity index (χ2n) is 7.68. The number of carbonyl (C=O) groups excluding carboxylic acids is 1. The summed E-state index contributed by atoms with van der Waals surface area (Å²) in [5, 5.41) is 7.24. The van der Waals surface area contributed by atoms with Gasteiger partial charge in [-0.3, -0.25) is 14.7 Å². The Bertz CT molecular complexity index is 907. The quantitative estimate of drug-likeness (QED) is 0.851. The number of amides is 1. The summed E-state index contributed by atoms with van der Waals surface area (Å²) in [5.41, 5.74) is 0.760. The van der Waals surface area contributed by atoms with Crippen molar-refractivity contribution in [3.63, 3.8) is 0 Å². The van der Waals surface area contributed by atoms with Gasteiger partial charge in [0.2, 0.25) is 0 Å². The SMILES string of the molecule is Cc1ccc(F)c(C(=O)NC2CC3CCC(C2)N3Cc2nn(C)c(=O)[nH]2)c1. The molecule has 2 aliphatic rings. The predicted octanol–water partition coefficient (Wildman–Crippen LogP) is 1.48. The van der Waals surface area contributed by atoms with Crippen LogP contribution >= 0.6 is 0 Å². The fourth-order valence-electron chi connectivity index (χ4n) is 4.43. The molecule has 3 heterocycles. The highest BCUT2D eigenvalue weighted by Gasteiger charge is 2.41. The molecule has 2 unspecified atom stereocenters. The number of carbonyl (C=O) groups is 1. The van der Waals surface area contributed by atoms with Gasteiger partial charge in [-0.25, -0.2) is 13.9 Å². The highest BCUT2D eigenvalue weighted by Crippen LogP contribution is 2.36. The Morgan fingerprint density at radius 2 is 2.04 bits per heavy atom. The minimum Gasteiger partial charge on any atom is -0.349 e. The number of piperidine rings is 1. The smallest absolute Gasteiger partial charge is 0.343 e. The lowest BCUT2D eigenvalue weighted by Gasteiger charge is -2.38. The normalized spacial score (nSPS) is 24.9. The monoisotopic (exact) mass is 373 g/mol. The van der Waals surface area contributed by atoms with E-state index in [1.54, 1.807) is 19.2 Å². The van der Waals surface area contributed by atoms with Crippen molar-refractivity contribution in [2.24, 2.45) is 7.05 Å². The lowest BCUT2D eigenvalue weighted by Crippen LogP contribution is -2.50. The highest BCUT2D eigenvalue weighted by molar-refractivity contribution is 5.94. The van der Waals surface area contributed by atoms with Crippen LogP contribution < -0.4 is 11.0 Å². The van der Waals surface area contributed by atoms with E-state index in [4.69, 9.17) is 0 Å². The van der Waals surface area contributed by atoms with Gasteiger partial charge in [-0.05, 0) is 44.7 Å². The van der Waals surface area contributed by atoms with Gasteiger partial charge in [0.25, 0.3) is 5.91 Å². The van der Waals surface area contributed by atoms with Gasteiger partial charge in [0.1, 0.15) is 11.6 Å². The third-order valence-electron chi connectivity index (χ3n) is 5.73. The van der Waals surface area contributed by atoms with Crippen molar-refractivity contribution in [3.05, 3.63) is 51.5 Å². The Morgan fingerprint density at radius 3 is 2.67 bits per heavy atom. The minimum atomic E-state index is -0.488. The third-order valence-corrected chi connectivity index (χ3v) is 5.73. The molecule has 2 atom stereocenters. The molecule has 0 radical (unpaired) electrons. The zero-order valence-corrected chi connectivity index (χ0v) is 15.5. The molecule has 4 rings (SSSR count). The van der Waals surface area contributed by atoms with Crippen molar-refractivity contribution in [2.75, 3.05) is 0 Å². The molecule has 0 aliphatic carbocycles. The third kappa shape index (κ3) is 3.53. The molecule has 1 aromatic carbocycles. The van der Waals surface area contributed by atoms with Crippen LogP contribution in [0.15, 0.2) is 23.0 Å². The van der Waals surface area contributed by atoms with E-state index in [1.165, 1.54) is 10.7 Å². The van der Waals surface area contributed by atoms with Gasteiger partial charge in [0, 0.05) is 25.2 Å². The van der Waals surface area contributed by atoms with Gasteiger partial charge in [-0.2, -0.15) is 5.10 Å². The van der Waals surface area contributed by atoms with Gasteiger partial charge >= 0.3 is 5.69 Å². The van der Waals surface area contributed by atoms with Gasteiger partial charge in [0.05, 0.1) is 12.1 Å². The average molecular weight is 373 g/mol. The number of nitrogens with zero attached hydrogens (tertiary/aromatic N) is 3. The van der Waals surface area contributed by atoms with E-state index < -0.39 is 5.82 Å². The van der Waals surface area contributed by atoms with Crippen LogP contribution in [0, 0.1) is 12.7 Å². The minimum absolute atomic E-state index is 0.0361. The van der Waals surface area contributed by atoms with E-state index in [0.29, 0.717) is 24.5 Å². The largest absolute Gasteiger partial charge is 0.349 e. The fourth-order valence-corrected chi connectivity index (χ4v) is 4.43. The molecule has 27 heavy (non-hydrogen) atoms. The summed E-state index contributed by atoms with van der Waals surface area (Å²) in [6.45, 7) is 2.45. The van der Waals surface area contributed by atoms with E-state index >= 15 is 0 Å². The standard InChI is InChI=1S/C19H24FN5O2/c1-11-3-6-16(20)15(7-11)18(26)21-12-8-13-4-5-14(9-12)25(13)10-17-22-19(27)24(2)23-17/h3,6-7,12-14H,4-5,8-10H2,1-2H3,(H,21,26)(H,22,23,27). The number of nitrogens with one attached hydrogen (secondary N) is 2. The first-order valence-electron chi connectivity index (χ1n) is 9.35. The van der Waals surface area contributed by atoms with Gasteiger partial charge in [-0.15, -0.1) is 0 Å². The topological polar surface area (TPSA) is 83.0 Å². The molecule has 2 fully saturated rings. The number of benzene rings is 1. The molecular weight excluding hydrogens is 349 g/mol. The number of aromatic nitrogens is 3. The maximum Gasteiger partial charge on any atom is 0.343 e.